The summed E-state index contributed by atoms with van der Waals surface area (Å²) >= 11 is 2.91. The number of carbonyl (C=O) groups excluding carboxylic acids is 1. The molecule has 168 valence electrons. The van der Waals surface area contributed by atoms with E-state index in [1.165, 1.54) is 36.0 Å². The predicted octanol–water partition coefficient (Wildman–Crippen LogP) is 4.82. The summed E-state index contributed by atoms with van der Waals surface area (Å²) in [5.74, 6) is 1.73. The fourth-order valence-corrected chi connectivity index (χ4v) is 4.61. The Balaban J connectivity index is 1.55. The molecular formula is C21H22FN5O3S2. The third kappa shape index (κ3) is 6.30. The number of aromatic nitrogens is 3. The third-order valence-electron chi connectivity index (χ3n) is 4.56. The van der Waals surface area contributed by atoms with Crippen molar-refractivity contribution >= 4 is 40.8 Å². The predicted molar refractivity (Wildman–Crippen MR) is 124 cm³/mol. The average molecular weight is 476 g/mol. The zero-order valence-electron chi connectivity index (χ0n) is 17.6. The molecule has 11 heteroatoms. The molecule has 2 aromatic carbocycles. The maximum absolute atomic E-state index is 13.0. The first kappa shape index (κ1) is 23.7. The van der Waals surface area contributed by atoms with Crippen LogP contribution in [0.25, 0.3) is 0 Å². The lowest BCUT2D eigenvalue weighted by molar-refractivity contribution is -0.384. The number of hydrogen-bond acceptors (Lipinski definition) is 7. The van der Waals surface area contributed by atoms with Crippen molar-refractivity contribution in [2.45, 2.75) is 37.1 Å². The molecule has 0 atom stereocenters. The quantitative estimate of drug-likeness (QED) is 0.255. The Labute approximate surface area is 193 Å². The number of amides is 1. The van der Waals surface area contributed by atoms with E-state index >= 15 is 0 Å². The molecule has 0 fully saturated rings. The van der Waals surface area contributed by atoms with Crippen LogP contribution in [-0.2, 0) is 22.8 Å². The van der Waals surface area contributed by atoms with E-state index in [0.717, 1.165) is 22.7 Å². The van der Waals surface area contributed by atoms with Crippen molar-refractivity contribution in [3.63, 3.8) is 0 Å². The van der Waals surface area contributed by atoms with Gasteiger partial charge in [0.15, 0.2) is 5.16 Å². The van der Waals surface area contributed by atoms with Crippen LogP contribution in [0, 0.1) is 22.9 Å². The summed E-state index contributed by atoms with van der Waals surface area (Å²) in [6.45, 7) is 4.41. The van der Waals surface area contributed by atoms with Crippen molar-refractivity contribution in [1.82, 2.24) is 14.8 Å². The van der Waals surface area contributed by atoms with E-state index < -0.39 is 4.92 Å². The molecule has 0 bridgehead atoms. The fourth-order valence-electron chi connectivity index (χ4n) is 2.87. The molecule has 0 aliphatic heterocycles. The SMILES string of the molecule is CCn1c(CSCc2ccc(F)cc2)nnc1SCC(=O)Nc1cc([N+](=O)[O-])ccc1C. The molecule has 1 heterocycles. The van der Waals surface area contributed by atoms with Crippen LogP contribution in [0.2, 0.25) is 0 Å². The van der Waals surface area contributed by atoms with Crippen LogP contribution in [0.3, 0.4) is 0 Å². The molecule has 0 radical (unpaired) electrons. The number of halogens is 1. The number of thioether (sulfide) groups is 2. The summed E-state index contributed by atoms with van der Waals surface area (Å²) in [6, 6.07) is 10.8. The van der Waals surface area contributed by atoms with Crippen LogP contribution in [0.4, 0.5) is 15.8 Å². The summed E-state index contributed by atoms with van der Waals surface area (Å²) in [5, 5.41) is 22.8. The van der Waals surface area contributed by atoms with E-state index in [4.69, 9.17) is 0 Å². The summed E-state index contributed by atoms with van der Waals surface area (Å²) in [4.78, 5) is 22.8. The van der Waals surface area contributed by atoms with Gasteiger partial charge in [-0.2, -0.15) is 0 Å². The van der Waals surface area contributed by atoms with Crippen LogP contribution in [0.15, 0.2) is 47.6 Å². The van der Waals surface area contributed by atoms with Gasteiger partial charge in [-0.25, -0.2) is 4.39 Å². The largest absolute Gasteiger partial charge is 0.325 e. The van der Waals surface area contributed by atoms with Gasteiger partial charge in [-0.3, -0.25) is 14.9 Å². The number of hydrogen-bond donors (Lipinski definition) is 1. The third-order valence-corrected chi connectivity index (χ3v) is 6.53. The van der Waals surface area contributed by atoms with Crippen molar-refractivity contribution in [1.29, 1.82) is 0 Å². The smallest absolute Gasteiger partial charge is 0.271 e. The maximum atomic E-state index is 13.0. The van der Waals surface area contributed by atoms with Crippen LogP contribution >= 0.6 is 23.5 Å². The summed E-state index contributed by atoms with van der Waals surface area (Å²) < 4.78 is 15.0. The highest BCUT2D eigenvalue weighted by molar-refractivity contribution is 7.99. The minimum absolute atomic E-state index is 0.0768. The van der Waals surface area contributed by atoms with Crippen LogP contribution in [0.5, 0.6) is 0 Å². The van der Waals surface area contributed by atoms with Crippen molar-refractivity contribution in [2.24, 2.45) is 0 Å². The standard InChI is InChI=1S/C21H22FN5O3S2/c1-3-26-19(12-31-11-15-5-7-16(22)8-6-15)24-25-21(26)32-13-20(28)23-18-10-17(27(29)30)9-4-14(18)2/h4-10H,3,11-13H2,1-2H3,(H,23,28). The number of nitrogens with one attached hydrogen (secondary N) is 1. The second-order valence-electron chi connectivity index (χ2n) is 6.86. The number of nitro groups is 1. The number of benzene rings is 2. The highest BCUT2D eigenvalue weighted by Crippen LogP contribution is 2.24. The Bertz CT molecular complexity index is 1110. The molecule has 32 heavy (non-hydrogen) atoms. The van der Waals surface area contributed by atoms with Gasteiger partial charge in [-0.05, 0) is 37.1 Å². The van der Waals surface area contributed by atoms with Gasteiger partial charge < -0.3 is 9.88 Å². The van der Waals surface area contributed by atoms with Gasteiger partial charge in [-0.1, -0.05) is 30.0 Å². The second kappa shape index (κ2) is 11.1. The van der Waals surface area contributed by atoms with Crippen molar-refractivity contribution < 1.29 is 14.1 Å². The van der Waals surface area contributed by atoms with Crippen LogP contribution in [0.1, 0.15) is 23.9 Å². The van der Waals surface area contributed by atoms with Crippen LogP contribution < -0.4 is 5.32 Å². The van der Waals surface area contributed by atoms with E-state index in [1.807, 2.05) is 11.5 Å². The van der Waals surface area contributed by atoms with Gasteiger partial charge in [0.2, 0.25) is 5.91 Å². The topological polar surface area (TPSA) is 103 Å². The summed E-state index contributed by atoms with van der Waals surface area (Å²) in [5.41, 5.74) is 2.11. The Kier molecular flexibility index (Phi) is 8.23. The molecule has 1 N–H and O–H groups in total. The molecular weight excluding hydrogens is 453 g/mol. The number of aryl methyl sites for hydroxylation is 1. The van der Waals surface area contributed by atoms with Gasteiger partial charge in [0.25, 0.3) is 5.69 Å². The molecule has 1 aromatic heterocycles. The molecule has 0 saturated heterocycles. The van der Waals surface area contributed by atoms with Crippen molar-refractivity contribution in [3.8, 4) is 0 Å². The number of non-ortho nitro benzene ring substituents is 1. The van der Waals surface area contributed by atoms with Gasteiger partial charge in [0.1, 0.15) is 11.6 Å². The lowest BCUT2D eigenvalue weighted by atomic mass is 10.2. The first-order chi connectivity index (χ1) is 15.4. The van der Waals surface area contributed by atoms with E-state index in [2.05, 4.69) is 15.5 Å². The van der Waals surface area contributed by atoms with Gasteiger partial charge in [0.05, 0.1) is 22.1 Å². The average Bonchev–Trinajstić information content (AvgIpc) is 3.16. The molecule has 3 aromatic rings. The normalized spacial score (nSPS) is 10.8. The van der Waals surface area contributed by atoms with E-state index in [9.17, 15) is 19.3 Å². The second-order valence-corrected chi connectivity index (χ2v) is 8.78. The molecule has 1 amide bonds. The van der Waals surface area contributed by atoms with E-state index in [-0.39, 0.29) is 23.2 Å². The van der Waals surface area contributed by atoms with Crippen molar-refractivity contribution in [3.05, 3.63) is 75.3 Å². The zero-order chi connectivity index (χ0) is 23.1. The Morgan fingerprint density at radius 3 is 2.62 bits per heavy atom. The van der Waals surface area contributed by atoms with E-state index in [0.29, 0.717) is 23.1 Å². The molecule has 0 saturated carbocycles. The first-order valence-electron chi connectivity index (χ1n) is 9.79. The lowest BCUT2D eigenvalue weighted by Crippen LogP contribution is -2.15. The number of anilines is 1. The highest BCUT2D eigenvalue weighted by atomic mass is 32.2. The minimum Gasteiger partial charge on any atom is -0.325 e. The fraction of sp³-hybridized carbons (Fsp3) is 0.286. The van der Waals surface area contributed by atoms with Gasteiger partial charge >= 0.3 is 0 Å². The Morgan fingerprint density at radius 1 is 1.19 bits per heavy atom. The van der Waals surface area contributed by atoms with Gasteiger partial charge in [0, 0.05) is 24.4 Å². The summed E-state index contributed by atoms with van der Waals surface area (Å²) in [6.07, 6.45) is 0. The number of carbonyl (C=O) groups is 1. The van der Waals surface area contributed by atoms with Crippen LogP contribution in [-0.4, -0.2) is 31.3 Å². The van der Waals surface area contributed by atoms with Crippen molar-refractivity contribution in [2.75, 3.05) is 11.1 Å². The highest BCUT2D eigenvalue weighted by Gasteiger charge is 2.15. The Morgan fingerprint density at radius 2 is 1.94 bits per heavy atom. The monoisotopic (exact) mass is 475 g/mol. The summed E-state index contributed by atoms with van der Waals surface area (Å²) in [7, 11) is 0. The molecule has 8 nitrogen and oxygen atoms in total. The minimum atomic E-state index is -0.497. The molecule has 0 unspecified atom stereocenters. The molecule has 0 aliphatic carbocycles. The maximum Gasteiger partial charge on any atom is 0.271 e. The molecule has 0 spiro atoms. The first-order valence-corrected chi connectivity index (χ1v) is 11.9. The van der Waals surface area contributed by atoms with E-state index in [1.54, 1.807) is 36.9 Å². The lowest BCUT2D eigenvalue weighted by Gasteiger charge is -2.09. The number of rotatable bonds is 10. The molecule has 3 rings (SSSR count). The van der Waals surface area contributed by atoms with Gasteiger partial charge in [-0.15, -0.1) is 22.0 Å². The molecule has 0 aliphatic rings. The number of nitrogens with zero attached hydrogens (tertiary/aromatic N) is 4. The number of nitro benzene ring substituents is 1. The Hall–Kier alpha value is -2.92. The zero-order valence-corrected chi connectivity index (χ0v) is 19.2.